The van der Waals surface area contributed by atoms with Gasteiger partial charge in [-0.05, 0) is 32.7 Å². The highest BCUT2D eigenvalue weighted by atomic mass is 16.1. The topological polar surface area (TPSA) is 29.1 Å². The first-order valence-corrected chi connectivity index (χ1v) is 4.87. The number of unbranched alkanes of at least 4 members (excludes halogenated alkanes) is 1. The van der Waals surface area contributed by atoms with Crippen molar-refractivity contribution < 1.29 is 4.79 Å². The lowest BCUT2D eigenvalue weighted by Gasteiger charge is -2.31. The highest BCUT2D eigenvalue weighted by Crippen LogP contribution is 2.21. The fourth-order valence-corrected chi connectivity index (χ4v) is 1.61. The third kappa shape index (κ3) is 3.35. The quantitative estimate of drug-likeness (QED) is 0.469. The largest absolute Gasteiger partial charge is 0.314 e. The van der Waals surface area contributed by atoms with Gasteiger partial charge in [0.15, 0.2) is 0 Å². The van der Waals surface area contributed by atoms with Gasteiger partial charge in [0, 0.05) is 12.0 Å². The summed E-state index contributed by atoms with van der Waals surface area (Å²) in [5, 5.41) is 3.36. The molecule has 0 radical (unpaired) electrons. The Balaban J connectivity index is 3.84. The molecule has 0 amide bonds. The summed E-state index contributed by atoms with van der Waals surface area (Å²) in [4.78, 5) is 10.1. The number of rotatable bonds is 7. The molecule has 1 N–H and O–H groups in total. The minimum atomic E-state index is 0.267. The van der Waals surface area contributed by atoms with Gasteiger partial charge in [-0.2, -0.15) is 0 Å². The fraction of sp³-hybridized carbons (Fsp3) is 0.900. The van der Waals surface area contributed by atoms with Crippen LogP contribution in [0, 0.1) is 0 Å². The molecule has 0 saturated heterocycles. The number of nitrogens with one attached hydrogen (secondary N) is 1. The zero-order valence-electron chi connectivity index (χ0n) is 8.52. The molecule has 72 valence electrons. The first kappa shape index (κ1) is 11.6. The van der Waals surface area contributed by atoms with E-state index in [0.717, 1.165) is 32.0 Å². The Hall–Kier alpha value is -0.370. The third-order valence-corrected chi connectivity index (χ3v) is 2.86. The van der Waals surface area contributed by atoms with Crippen LogP contribution in [0.15, 0.2) is 0 Å². The van der Waals surface area contributed by atoms with Gasteiger partial charge in [-0.25, -0.2) is 0 Å². The highest BCUT2D eigenvalue weighted by Gasteiger charge is 2.22. The molecule has 0 aromatic rings. The van der Waals surface area contributed by atoms with Crippen molar-refractivity contribution in [2.24, 2.45) is 0 Å². The van der Waals surface area contributed by atoms with Gasteiger partial charge in [-0.3, -0.25) is 0 Å². The van der Waals surface area contributed by atoms with Gasteiger partial charge in [0.1, 0.15) is 6.29 Å². The first-order chi connectivity index (χ1) is 5.74. The number of carbonyl (C=O) groups is 1. The zero-order valence-corrected chi connectivity index (χ0v) is 8.52. The van der Waals surface area contributed by atoms with Crippen molar-refractivity contribution in [2.45, 2.75) is 51.5 Å². The minimum Gasteiger partial charge on any atom is -0.314 e. The molecule has 0 saturated carbocycles. The van der Waals surface area contributed by atoms with E-state index in [-0.39, 0.29) is 5.54 Å². The van der Waals surface area contributed by atoms with Crippen molar-refractivity contribution >= 4 is 6.29 Å². The van der Waals surface area contributed by atoms with E-state index in [1.165, 1.54) is 0 Å². The van der Waals surface area contributed by atoms with Gasteiger partial charge in [-0.15, -0.1) is 0 Å². The summed E-state index contributed by atoms with van der Waals surface area (Å²) < 4.78 is 0. The maximum absolute atomic E-state index is 10.1. The van der Waals surface area contributed by atoms with Crippen molar-refractivity contribution in [1.29, 1.82) is 0 Å². The Bertz CT molecular complexity index is 111. The summed E-state index contributed by atoms with van der Waals surface area (Å²) >= 11 is 0. The van der Waals surface area contributed by atoms with Crippen LogP contribution in [0.3, 0.4) is 0 Å². The molecule has 0 aliphatic heterocycles. The van der Waals surface area contributed by atoms with Crippen LogP contribution in [0.25, 0.3) is 0 Å². The zero-order chi connectivity index (χ0) is 9.45. The average Bonchev–Trinajstić information content (AvgIpc) is 2.14. The molecule has 0 heterocycles. The summed E-state index contributed by atoms with van der Waals surface area (Å²) in [6.45, 7) is 4.39. The van der Waals surface area contributed by atoms with Crippen molar-refractivity contribution in [3.63, 3.8) is 0 Å². The normalized spacial score (nSPS) is 11.6. The van der Waals surface area contributed by atoms with Gasteiger partial charge in [0.05, 0.1) is 0 Å². The predicted octanol–water partition coefficient (Wildman–Crippen LogP) is 2.13. The van der Waals surface area contributed by atoms with Crippen molar-refractivity contribution in [3.8, 4) is 0 Å². The van der Waals surface area contributed by atoms with Crippen LogP contribution < -0.4 is 5.32 Å². The number of carbonyl (C=O) groups excluding carboxylic acids is 1. The van der Waals surface area contributed by atoms with Crippen LogP contribution in [0.2, 0.25) is 0 Å². The van der Waals surface area contributed by atoms with Crippen LogP contribution in [0.4, 0.5) is 0 Å². The Morgan fingerprint density at radius 1 is 1.33 bits per heavy atom. The molecule has 2 nitrogen and oxygen atoms in total. The summed E-state index contributed by atoms with van der Waals surface area (Å²) in [5.74, 6) is 0. The Labute approximate surface area is 75.7 Å². The summed E-state index contributed by atoms with van der Waals surface area (Å²) in [6, 6.07) is 0. The van der Waals surface area contributed by atoms with Crippen molar-refractivity contribution in [2.75, 3.05) is 7.05 Å². The molecule has 0 fully saturated rings. The smallest absolute Gasteiger partial charge is 0.119 e. The number of hydrogen-bond acceptors (Lipinski definition) is 2. The summed E-state index contributed by atoms with van der Waals surface area (Å²) in [7, 11) is 2.01. The summed E-state index contributed by atoms with van der Waals surface area (Å²) in [5.41, 5.74) is 0.267. The highest BCUT2D eigenvalue weighted by molar-refractivity contribution is 5.49. The van der Waals surface area contributed by atoms with Crippen molar-refractivity contribution in [1.82, 2.24) is 5.32 Å². The third-order valence-electron chi connectivity index (χ3n) is 2.86. The molecule has 0 aromatic heterocycles. The van der Waals surface area contributed by atoms with E-state index in [1.807, 2.05) is 7.05 Å². The molecule has 12 heavy (non-hydrogen) atoms. The molecule has 2 heteroatoms. The van der Waals surface area contributed by atoms with E-state index in [9.17, 15) is 4.79 Å². The Morgan fingerprint density at radius 2 is 1.92 bits per heavy atom. The predicted molar refractivity (Wildman–Crippen MR) is 52.3 cm³/mol. The van der Waals surface area contributed by atoms with E-state index in [0.29, 0.717) is 6.42 Å². The molecule has 0 bridgehead atoms. The second kappa shape index (κ2) is 6.18. The van der Waals surface area contributed by atoms with Crippen LogP contribution in [0.5, 0.6) is 0 Å². The fourth-order valence-electron chi connectivity index (χ4n) is 1.61. The lowest BCUT2D eigenvalue weighted by molar-refractivity contribution is -0.108. The van der Waals surface area contributed by atoms with Crippen LogP contribution in [-0.4, -0.2) is 18.9 Å². The second-order valence-corrected chi connectivity index (χ2v) is 3.30. The maximum atomic E-state index is 10.1. The molecule has 0 aliphatic carbocycles. The Kier molecular flexibility index (Phi) is 5.99. The van der Waals surface area contributed by atoms with E-state index in [4.69, 9.17) is 0 Å². The van der Waals surface area contributed by atoms with Crippen LogP contribution in [-0.2, 0) is 4.79 Å². The van der Waals surface area contributed by atoms with E-state index in [1.54, 1.807) is 0 Å². The molecule has 0 aliphatic rings. The SMILES string of the molecule is CCC(CC)(CCCC=O)NC. The van der Waals surface area contributed by atoms with E-state index < -0.39 is 0 Å². The van der Waals surface area contributed by atoms with Crippen molar-refractivity contribution in [3.05, 3.63) is 0 Å². The molecule has 0 unspecified atom stereocenters. The lowest BCUT2D eigenvalue weighted by atomic mass is 9.87. The standard InChI is InChI=1S/C10H21NO/c1-4-10(5-2,11-3)8-6-7-9-12/h9,11H,4-8H2,1-3H3. The number of aldehydes is 1. The second-order valence-electron chi connectivity index (χ2n) is 3.30. The minimum absolute atomic E-state index is 0.267. The summed E-state index contributed by atoms with van der Waals surface area (Å²) in [6.07, 6.45) is 6.09. The average molecular weight is 171 g/mol. The van der Waals surface area contributed by atoms with E-state index in [2.05, 4.69) is 19.2 Å². The van der Waals surface area contributed by atoms with Gasteiger partial charge in [-0.1, -0.05) is 13.8 Å². The van der Waals surface area contributed by atoms with E-state index >= 15 is 0 Å². The molecule has 0 aromatic carbocycles. The van der Waals surface area contributed by atoms with Crippen LogP contribution in [0.1, 0.15) is 46.0 Å². The first-order valence-electron chi connectivity index (χ1n) is 4.87. The molecular weight excluding hydrogens is 150 g/mol. The molecule has 0 atom stereocenters. The van der Waals surface area contributed by atoms with Gasteiger partial charge < -0.3 is 10.1 Å². The van der Waals surface area contributed by atoms with Gasteiger partial charge in [0.2, 0.25) is 0 Å². The Morgan fingerprint density at radius 3 is 2.25 bits per heavy atom. The molecule has 0 rings (SSSR count). The molecular formula is C10H21NO. The van der Waals surface area contributed by atoms with Gasteiger partial charge in [0.25, 0.3) is 0 Å². The monoisotopic (exact) mass is 171 g/mol. The molecule has 0 spiro atoms. The number of hydrogen-bond donors (Lipinski definition) is 1. The lowest BCUT2D eigenvalue weighted by Crippen LogP contribution is -2.41. The van der Waals surface area contributed by atoms with Gasteiger partial charge >= 0.3 is 0 Å². The maximum Gasteiger partial charge on any atom is 0.119 e. The van der Waals surface area contributed by atoms with Crippen LogP contribution >= 0.6 is 0 Å².